The van der Waals surface area contributed by atoms with E-state index in [2.05, 4.69) is 5.32 Å². The van der Waals surface area contributed by atoms with Crippen LogP contribution < -0.4 is 5.32 Å². The number of carbonyl (C=O) groups is 1. The molecule has 0 aliphatic heterocycles. The van der Waals surface area contributed by atoms with Crippen molar-refractivity contribution in [3.05, 3.63) is 94.0 Å². The molecule has 0 aliphatic carbocycles. The predicted molar refractivity (Wildman–Crippen MR) is 116 cm³/mol. The highest BCUT2D eigenvalue weighted by Crippen LogP contribution is 2.32. The molecule has 1 amide bonds. The van der Waals surface area contributed by atoms with Crippen molar-refractivity contribution >= 4 is 45.7 Å². The first kappa shape index (κ1) is 18.5. The number of fused-ring (bicyclic) bond motifs is 1. The molecule has 5 heteroatoms. The van der Waals surface area contributed by atoms with Gasteiger partial charge in [-0.3, -0.25) is 4.79 Å². The van der Waals surface area contributed by atoms with Crippen LogP contribution in [0.4, 0.5) is 5.69 Å². The minimum atomic E-state index is -0.199. The Balaban J connectivity index is 1.83. The molecule has 1 heterocycles. The lowest BCUT2D eigenvalue weighted by Gasteiger charge is -2.12. The van der Waals surface area contributed by atoms with Gasteiger partial charge < -0.3 is 5.32 Å². The van der Waals surface area contributed by atoms with Crippen LogP contribution >= 0.6 is 23.2 Å². The molecule has 0 bridgehead atoms. The average Bonchev–Trinajstić information content (AvgIpc) is 2.67. The number of anilines is 1. The number of hydrogen-bond acceptors (Lipinski definition) is 2. The topological polar surface area (TPSA) is 42.0 Å². The van der Waals surface area contributed by atoms with Gasteiger partial charge in [-0.25, -0.2) is 4.98 Å². The molecule has 4 aromatic rings. The Morgan fingerprint density at radius 2 is 1.75 bits per heavy atom. The number of nitrogens with one attached hydrogen (secondary N) is 1. The molecule has 0 saturated heterocycles. The average molecular weight is 407 g/mol. The molecule has 4 rings (SSSR count). The van der Waals surface area contributed by atoms with E-state index in [9.17, 15) is 4.79 Å². The standard InChI is InChI=1S/C23H16Cl2N2O/c1-14-5-4-6-16(11-14)26-23(28)19-13-22(18-10-9-15(24)12-20(18)25)27-21-8-3-2-7-17(19)21/h2-13H,1H3,(H,26,28). The monoisotopic (exact) mass is 406 g/mol. The molecule has 0 saturated carbocycles. The highest BCUT2D eigenvalue weighted by atomic mass is 35.5. The maximum Gasteiger partial charge on any atom is 0.256 e. The number of para-hydroxylation sites is 1. The Bertz CT molecular complexity index is 1200. The molecule has 3 nitrogen and oxygen atoms in total. The number of pyridine rings is 1. The van der Waals surface area contributed by atoms with Crippen LogP contribution in [0.3, 0.4) is 0 Å². The number of benzene rings is 3. The number of aryl methyl sites for hydroxylation is 1. The zero-order chi connectivity index (χ0) is 19.7. The van der Waals surface area contributed by atoms with Crippen LogP contribution in [0.2, 0.25) is 10.0 Å². The minimum Gasteiger partial charge on any atom is -0.322 e. The van der Waals surface area contributed by atoms with Crippen LogP contribution in [0.25, 0.3) is 22.2 Å². The van der Waals surface area contributed by atoms with Crippen LogP contribution in [0, 0.1) is 6.92 Å². The van der Waals surface area contributed by atoms with Crippen LogP contribution in [0.15, 0.2) is 72.8 Å². The summed E-state index contributed by atoms with van der Waals surface area (Å²) in [6.07, 6.45) is 0. The number of amides is 1. The molecule has 138 valence electrons. The first-order valence-electron chi connectivity index (χ1n) is 8.74. The van der Waals surface area contributed by atoms with Crippen molar-refractivity contribution in [3.8, 4) is 11.3 Å². The van der Waals surface area contributed by atoms with Crippen LogP contribution in [-0.4, -0.2) is 10.9 Å². The lowest BCUT2D eigenvalue weighted by atomic mass is 10.0. The molecule has 0 aliphatic rings. The number of carbonyl (C=O) groups excluding carboxylic acids is 1. The summed E-state index contributed by atoms with van der Waals surface area (Å²) in [6.45, 7) is 1.98. The summed E-state index contributed by atoms with van der Waals surface area (Å²) in [5, 5.41) is 4.79. The zero-order valence-electron chi connectivity index (χ0n) is 15.0. The molecule has 3 aromatic carbocycles. The molecule has 0 radical (unpaired) electrons. The summed E-state index contributed by atoms with van der Waals surface area (Å²) in [4.78, 5) is 17.8. The highest BCUT2D eigenvalue weighted by Gasteiger charge is 2.15. The van der Waals surface area contributed by atoms with Gasteiger partial charge in [0.15, 0.2) is 0 Å². The second kappa shape index (κ2) is 7.63. The molecular formula is C23H16Cl2N2O. The second-order valence-corrected chi connectivity index (χ2v) is 7.36. The molecule has 0 atom stereocenters. The second-order valence-electron chi connectivity index (χ2n) is 6.52. The third kappa shape index (κ3) is 3.72. The lowest BCUT2D eigenvalue weighted by molar-refractivity contribution is 0.102. The Kier molecular flexibility index (Phi) is 5.03. The van der Waals surface area contributed by atoms with Gasteiger partial charge in [0, 0.05) is 21.7 Å². The minimum absolute atomic E-state index is 0.199. The van der Waals surface area contributed by atoms with Crippen molar-refractivity contribution in [2.45, 2.75) is 6.92 Å². The van der Waals surface area contributed by atoms with E-state index < -0.39 is 0 Å². The van der Waals surface area contributed by atoms with Crippen molar-refractivity contribution in [1.29, 1.82) is 0 Å². The van der Waals surface area contributed by atoms with Crippen molar-refractivity contribution < 1.29 is 4.79 Å². The first-order chi connectivity index (χ1) is 13.5. The van der Waals surface area contributed by atoms with E-state index in [-0.39, 0.29) is 5.91 Å². The molecule has 0 spiro atoms. The van der Waals surface area contributed by atoms with Gasteiger partial charge >= 0.3 is 0 Å². The van der Waals surface area contributed by atoms with Gasteiger partial charge in [-0.15, -0.1) is 0 Å². The maximum atomic E-state index is 13.1. The smallest absolute Gasteiger partial charge is 0.256 e. The van der Waals surface area contributed by atoms with Gasteiger partial charge in [0.25, 0.3) is 5.91 Å². The Morgan fingerprint density at radius 3 is 2.54 bits per heavy atom. The summed E-state index contributed by atoms with van der Waals surface area (Å²) in [5.41, 5.74) is 4.42. The molecule has 28 heavy (non-hydrogen) atoms. The lowest BCUT2D eigenvalue weighted by Crippen LogP contribution is -2.13. The zero-order valence-corrected chi connectivity index (χ0v) is 16.6. The fourth-order valence-electron chi connectivity index (χ4n) is 3.12. The third-order valence-electron chi connectivity index (χ3n) is 4.44. The number of rotatable bonds is 3. The normalized spacial score (nSPS) is 10.8. The number of hydrogen-bond donors (Lipinski definition) is 1. The van der Waals surface area contributed by atoms with Gasteiger partial charge in [0.2, 0.25) is 0 Å². The molecular weight excluding hydrogens is 391 g/mol. The van der Waals surface area contributed by atoms with Gasteiger partial charge in [-0.1, -0.05) is 53.5 Å². The van der Waals surface area contributed by atoms with Gasteiger partial charge in [-0.05, 0) is 55.0 Å². The summed E-state index contributed by atoms with van der Waals surface area (Å²) in [5.74, 6) is -0.199. The number of halogens is 2. The van der Waals surface area contributed by atoms with E-state index in [1.807, 2.05) is 61.5 Å². The van der Waals surface area contributed by atoms with E-state index in [1.165, 1.54) is 0 Å². The SMILES string of the molecule is Cc1cccc(NC(=O)c2cc(-c3ccc(Cl)cc3Cl)nc3ccccc23)c1. The van der Waals surface area contributed by atoms with Gasteiger partial charge in [0.05, 0.1) is 21.8 Å². The summed E-state index contributed by atoms with van der Waals surface area (Å²) < 4.78 is 0. The van der Waals surface area contributed by atoms with Crippen LogP contribution in [-0.2, 0) is 0 Å². The van der Waals surface area contributed by atoms with Crippen molar-refractivity contribution in [2.75, 3.05) is 5.32 Å². The number of nitrogens with zero attached hydrogens (tertiary/aromatic N) is 1. The van der Waals surface area contributed by atoms with Gasteiger partial charge in [0.1, 0.15) is 0 Å². The predicted octanol–water partition coefficient (Wildman–Crippen LogP) is 6.77. The summed E-state index contributed by atoms with van der Waals surface area (Å²) in [6, 6.07) is 22.2. The maximum absolute atomic E-state index is 13.1. The number of aromatic nitrogens is 1. The molecule has 1 aromatic heterocycles. The largest absolute Gasteiger partial charge is 0.322 e. The van der Waals surface area contributed by atoms with Crippen LogP contribution in [0.1, 0.15) is 15.9 Å². The molecule has 1 N–H and O–H groups in total. The van der Waals surface area contributed by atoms with E-state index in [4.69, 9.17) is 28.2 Å². The van der Waals surface area contributed by atoms with E-state index in [0.29, 0.717) is 21.3 Å². The van der Waals surface area contributed by atoms with Gasteiger partial charge in [-0.2, -0.15) is 0 Å². The Morgan fingerprint density at radius 1 is 0.929 bits per heavy atom. The van der Waals surface area contributed by atoms with Crippen molar-refractivity contribution in [3.63, 3.8) is 0 Å². The Labute approximate surface area is 172 Å². The quantitative estimate of drug-likeness (QED) is 0.407. The summed E-state index contributed by atoms with van der Waals surface area (Å²) >= 11 is 12.4. The van der Waals surface area contributed by atoms with Crippen molar-refractivity contribution in [1.82, 2.24) is 4.98 Å². The first-order valence-corrected chi connectivity index (χ1v) is 9.50. The fraction of sp³-hybridized carbons (Fsp3) is 0.0435. The fourth-order valence-corrected chi connectivity index (χ4v) is 3.62. The molecule has 0 fully saturated rings. The molecule has 0 unspecified atom stereocenters. The highest BCUT2D eigenvalue weighted by molar-refractivity contribution is 6.36. The van der Waals surface area contributed by atoms with E-state index in [1.54, 1.807) is 18.2 Å². The van der Waals surface area contributed by atoms with E-state index in [0.717, 1.165) is 27.7 Å². The van der Waals surface area contributed by atoms with Crippen LogP contribution in [0.5, 0.6) is 0 Å². The van der Waals surface area contributed by atoms with Crippen molar-refractivity contribution in [2.24, 2.45) is 0 Å². The Hall–Kier alpha value is -2.88. The summed E-state index contributed by atoms with van der Waals surface area (Å²) in [7, 11) is 0. The third-order valence-corrected chi connectivity index (χ3v) is 4.99. The van der Waals surface area contributed by atoms with E-state index >= 15 is 0 Å².